The first-order chi connectivity index (χ1) is 65.6. The zero-order valence-corrected chi connectivity index (χ0v) is 79.4. The van der Waals surface area contributed by atoms with Crippen molar-refractivity contribution in [3.05, 3.63) is 265 Å². The van der Waals surface area contributed by atoms with Crippen LogP contribution in [0.15, 0.2) is 215 Å². The van der Waals surface area contributed by atoms with E-state index in [0.29, 0.717) is 60.8 Å². The molecule has 8 aliphatic rings. The van der Waals surface area contributed by atoms with E-state index in [9.17, 15) is 76.7 Å². The van der Waals surface area contributed by atoms with Gasteiger partial charge in [-0.2, -0.15) is 0 Å². The van der Waals surface area contributed by atoms with Crippen molar-refractivity contribution in [2.24, 2.45) is 33.5 Å². The van der Waals surface area contributed by atoms with E-state index in [4.69, 9.17) is 14.2 Å². The molecule has 5 saturated carbocycles. The van der Waals surface area contributed by atoms with Gasteiger partial charge in [0.25, 0.3) is 11.8 Å². The number of nitrogens with one attached hydrogen (secondary N) is 10. The quantitative estimate of drug-likeness (QED) is 0.0159. The fourth-order valence-electron chi connectivity index (χ4n) is 17.6. The molecule has 15 rings (SSSR count). The number of pyridine rings is 2. The lowest BCUT2D eigenvalue weighted by molar-refractivity contribution is -0.133. The van der Waals surface area contributed by atoms with Gasteiger partial charge in [-0.15, -0.1) is 0 Å². The van der Waals surface area contributed by atoms with Gasteiger partial charge in [0.2, 0.25) is 46.6 Å². The largest absolute Gasteiger partial charge is 0.497 e. The van der Waals surface area contributed by atoms with Gasteiger partial charge in [0, 0.05) is 83.8 Å². The second-order valence-electron chi connectivity index (χ2n) is 38.7. The number of ether oxygens (including phenoxy) is 3. The molecule has 6 fully saturated rings. The Hall–Kier alpha value is -13.6. The van der Waals surface area contributed by atoms with Gasteiger partial charge in [-0.3, -0.25) is 76.7 Å². The summed E-state index contributed by atoms with van der Waals surface area (Å²) in [5, 5.41) is 22.6. The Bertz CT molecular complexity index is 5740. The number of methoxy groups -OCH3 is 3. The number of benzene rings is 5. The maximum absolute atomic E-state index is 13.6. The number of aromatic amines is 2. The highest BCUT2D eigenvalue weighted by atomic mass is 16.5. The molecule has 29 heteroatoms. The Kier molecular flexibility index (Phi) is 35.3. The van der Waals surface area contributed by atoms with E-state index in [-0.39, 0.29) is 101 Å². The average Bonchev–Trinajstić information content (AvgIpc) is 1.66. The summed E-state index contributed by atoms with van der Waals surface area (Å²) in [6.07, 6.45) is 24.3. The monoisotopic (exact) mass is 1870 g/mol. The summed E-state index contributed by atoms with van der Waals surface area (Å²) < 4.78 is 15.6. The van der Waals surface area contributed by atoms with Crippen molar-refractivity contribution in [2.45, 2.75) is 250 Å². The molecule has 0 unspecified atom stereocenters. The number of allylic oxidation sites excluding steroid dienone is 4. The number of hydrogen-bond donors (Lipinski definition) is 10. The van der Waals surface area contributed by atoms with E-state index < -0.39 is 118 Å². The third-order valence-electron chi connectivity index (χ3n) is 27.4. The van der Waals surface area contributed by atoms with Crippen molar-refractivity contribution in [2.75, 3.05) is 21.3 Å². The van der Waals surface area contributed by atoms with Crippen molar-refractivity contribution >= 4 is 82.0 Å². The molecule has 137 heavy (non-hydrogen) atoms. The molecule has 8 amide bonds. The molecular weight excluding hydrogens is 1740 g/mol. The first-order valence-electron chi connectivity index (χ1n) is 47.7. The van der Waals surface area contributed by atoms with E-state index in [1.165, 1.54) is 54.1 Å². The van der Waals surface area contributed by atoms with E-state index in [1.807, 2.05) is 125 Å². The minimum atomic E-state index is -0.950. The lowest BCUT2D eigenvalue weighted by Crippen LogP contribution is -2.56. The molecule has 3 heterocycles. The second-order valence-corrected chi connectivity index (χ2v) is 38.7. The van der Waals surface area contributed by atoms with Crippen LogP contribution in [-0.2, 0) is 89.6 Å². The third-order valence-corrected chi connectivity index (χ3v) is 27.4. The molecule has 29 nitrogen and oxygen atoms in total. The molecule has 1 saturated heterocycles. The number of carbonyl (C=O) groups excluding carboxylic acids is 14. The highest BCUT2D eigenvalue weighted by Crippen LogP contribution is 2.50. The van der Waals surface area contributed by atoms with Crippen LogP contribution in [0.2, 0.25) is 0 Å². The maximum Gasteiger partial charge on any atom is 0.268 e. The number of Topliss-reactive ketones (excluding diaryl/α,β-unsaturated/α-hetero) is 5. The van der Waals surface area contributed by atoms with Gasteiger partial charge in [-0.05, 0) is 198 Å². The normalized spacial score (nSPS) is 18.5. The molecule has 9 atom stereocenters. The minimum absolute atomic E-state index is 0.0114. The van der Waals surface area contributed by atoms with Crippen LogP contribution in [0.25, 0.3) is 0 Å². The molecule has 0 radical (unpaired) electrons. The molecule has 7 aliphatic carbocycles. The minimum Gasteiger partial charge on any atom is -0.497 e. The van der Waals surface area contributed by atoms with Gasteiger partial charge in [-0.25, -0.2) is 0 Å². The Balaban J connectivity index is 0.000000165. The molecular formula is C108H128N10O19. The summed E-state index contributed by atoms with van der Waals surface area (Å²) in [6.45, 7) is 9.43. The molecule has 10 N–H and O–H groups in total. The zero-order valence-electron chi connectivity index (χ0n) is 79.4. The molecule has 7 aromatic rings. The average molecular weight is 1870 g/mol. The van der Waals surface area contributed by atoms with Crippen LogP contribution in [0.4, 0.5) is 0 Å². The van der Waals surface area contributed by atoms with E-state index in [1.54, 1.807) is 70.7 Å². The summed E-state index contributed by atoms with van der Waals surface area (Å²) in [5.74, 6) is -1.35. The Morgan fingerprint density at radius 2 is 0.818 bits per heavy atom. The number of amides is 8. The van der Waals surface area contributed by atoms with E-state index in [2.05, 4.69) is 58.6 Å². The van der Waals surface area contributed by atoms with Crippen molar-refractivity contribution in [3.63, 3.8) is 0 Å². The fraction of sp³-hybridized carbons (Fsp3) is 0.444. The van der Waals surface area contributed by atoms with E-state index >= 15 is 0 Å². The van der Waals surface area contributed by atoms with Gasteiger partial charge >= 0.3 is 0 Å². The number of ketones is 6. The zero-order chi connectivity index (χ0) is 98.1. The first kappa shape index (κ1) is 102. The van der Waals surface area contributed by atoms with Gasteiger partial charge in [0.05, 0.1) is 45.5 Å². The van der Waals surface area contributed by atoms with Crippen LogP contribution in [0.3, 0.4) is 0 Å². The van der Waals surface area contributed by atoms with Gasteiger partial charge in [0.1, 0.15) is 58.6 Å². The Morgan fingerprint density at radius 1 is 0.409 bits per heavy atom. The number of rotatable bonds is 42. The molecule has 724 valence electrons. The topological polar surface area (TPSA) is 429 Å². The molecule has 1 aliphatic heterocycles. The van der Waals surface area contributed by atoms with Crippen molar-refractivity contribution in [1.29, 1.82) is 0 Å². The number of hydrogen-bond acceptors (Lipinski definition) is 19. The van der Waals surface area contributed by atoms with Gasteiger partial charge < -0.3 is 66.7 Å². The first-order valence-corrected chi connectivity index (χ1v) is 47.7. The van der Waals surface area contributed by atoms with Crippen molar-refractivity contribution < 1.29 is 81.3 Å². The summed E-state index contributed by atoms with van der Waals surface area (Å²) in [5.41, 5.74) is 3.79. The van der Waals surface area contributed by atoms with Crippen molar-refractivity contribution in [3.8, 4) is 17.2 Å². The molecule has 0 bridgehead atoms. The highest BCUT2D eigenvalue weighted by Gasteiger charge is 2.52. The second kappa shape index (κ2) is 47.2. The van der Waals surface area contributed by atoms with Crippen LogP contribution in [-0.4, -0.2) is 162 Å². The SMILES string of the molecule is COc1ccc(C[C@H](NC(=O)[C@@H]2CCC(=O)N2)C(=O)N[C@@H](Cc2ccccc2)C(=O)C2(C)CC2)cc1.COc1ccc(C[C@H](NC(=O)c2cccc(=O)[nH]2)C(=O)N[C@@H](CC2=CCCC2)C(=O)C2(C)CC2)cc1.COc1ccc(C[C@H](NC(=O)c2cccc(=O)[nH]2)C(=O)N[C@@H](CC2CCCC2)C(=O)C2(C)CC2)cc1.C[C@H](NC(=O)C1=CC=CC(=O)C1)C(=O)C[C@@H](Cc1ccccc1)C(=O)C1(C)CC1. The highest BCUT2D eigenvalue weighted by molar-refractivity contribution is 6.06. The van der Waals surface area contributed by atoms with Gasteiger partial charge in [0.15, 0.2) is 28.9 Å². The van der Waals surface area contributed by atoms with Crippen LogP contribution >= 0.6 is 0 Å². The van der Waals surface area contributed by atoms with Crippen LogP contribution in [0.1, 0.15) is 218 Å². The molecule has 0 spiro atoms. The lowest BCUT2D eigenvalue weighted by Gasteiger charge is -2.26. The van der Waals surface area contributed by atoms with Crippen molar-refractivity contribution in [1.82, 2.24) is 52.5 Å². The number of aromatic nitrogens is 2. The lowest BCUT2D eigenvalue weighted by atomic mass is 9.83. The number of carbonyl (C=O) groups is 14. The van der Waals surface area contributed by atoms with Crippen LogP contribution in [0.5, 0.6) is 17.2 Å². The predicted molar refractivity (Wildman–Crippen MR) is 516 cm³/mol. The third kappa shape index (κ3) is 29.9. The fourth-order valence-corrected chi connectivity index (χ4v) is 17.6. The summed E-state index contributed by atoms with van der Waals surface area (Å²) >= 11 is 0. The van der Waals surface area contributed by atoms with Crippen LogP contribution in [0, 0.1) is 33.5 Å². The Morgan fingerprint density at radius 3 is 1.23 bits per heavy atom. The summed E-state index contributed by atoms with van der Waals surface area (Å²) in [6, 6.07) is 43.5. The number of H-pyrrole nitrogens is 2. The Labute approximate surface area is 798 Å². The standard InChI is InChI=1S/C28H35N3O5.2C28H33N3O5.C24H27NO4/c2*1-28(14-15-28)25(33)22(16-18-6-3-4-7-18)30-27(35)23(17-19-10-12-20(36-2)13-11-19)31-26(34)21-8-5-9-24(32)29-21;1-28(14-15-28)25(33)22(16-18-6-4-3-5-7-18)30-27(35)23(17-19-8-10-20(36-2)11-9-19)31-26(34)21-12-13-24(32)29-21;1-16(25-23(29)18-9-6-10-20(26)14-18)21(27)15-19(22(28)24(2)11-12-24)13-17-7-4-3-5-8-17/h5,8-13,18,22-23H,3-4,6-7,14-17H2,1-2H3,(H,29,32)(H,30,35)(H,31,34);5-6,8-13,22-23H,3-4,7,14-17H2,1-2H3,(H,29,32)(H,30,35)(H,31,34);3-11,21-23H,12-17H2,1-2H3,(H,29,32)(H,30,35)(H,31,34);3-10,16,19H,11-15H2,1-2H3,(H,25,29)/t2*22-,23-;21-,22-,23-;16-,19+/m0000/s1. The maximum atomic E-state index is 13.6. The summed E-state index contributed by atoms with van der Waals surface area (Å²) in [7, 11) is 4.73. The molecule has 2 aromatic heterocycles. The van der Waals surface area contributed by atoms with E-state index in [0.717, 1.165) is 124 Å². The summed E-state index contributed by atoms with van der Waals surface area (Å²) in [4.78, 5) is 209. The predicted octanol–water partition coefficient (Wildman–Crippen LogP) is 11.5. The smallest absolute Gasteiger partial charge is 0.268 e. The van der Waals surface area contributed by atoms with Crippen LogP contribution < -0.4 is 67.9 Å². The van der Waals surface area contributed by atoms with Gasteiger partial charge in [-0.1, -0.05) is 186 Å². The molecule has 5 aromatic carbocycles.